The van der Waals surface area contributed by atoms with Crippen LogP contribution in [-0.4, -0.2) is 50.5 Å². The molecule has 7 nitrogen and oxygen atoms in total. The zero-order valence-electron chi connectivity index (χ0n) is 20.5. The molecule has 0 heterocycles. The van der Waals surface area contributed by atoms with Crippen LogP contribution in [0.25, 0.3) is 0 Å². The van der Waals surface area contributed by atoms with Crippen LogP contribution in [0, 0.1) is 11.7 Å². The highest BCUT2D eigenvalue weighted by molar-refractivity contribution is 7.92. The summed E-state index contributed by atoms with van der Waals surface area (Å²) in [4.78, 5) is 27.4. The second kappa shape index (κ2) is 12.9. The molecular weight excluding hydrogens is 493 g/mol. The van der Waals surface area contributed by atoms with E-state index >= 15 is 0 Å². The fourth-order valence-corrected chi connectivity index (χ4v) is 4.64. The summed E-state index contributed by atoms with van der Waals surface area (Å²) in [5, 5.41) is 3.32. The van der Waals surface area contributed by atoms with Crippen LogP contribution in [0.15, 0.2) is 48.5 Å². The van der Waals surface area contributed by atoms with E-state index in [9.17, 15) is 22.4 Å². The average molecular weight is 526 g/mol. The number of nitrogens with zero attached hydrogens (tertiary/aromatic N) is 2. The van der Waals surface area contributed by atoms with E-state index in [4.69, 9.17) is 11.6 Å². The summed E-state index contributed by atoms with van der Waals surface area (Å²) in [6, 6.07) is 11.9. The van der Waals surface area contributed by atoms with Gasteiger partial charge < -0.3 is 10.2 Å². The summed E-state index contributed by atoms with van der Waals surface area (Å²) >= 11 is 6.29. The van der Waals surface area contributed by atoms with E-state index in [1.54, 1.807) is 37.3 Å². The molecule has 0 aliphatic heterocycles. The van der Waals surface area contributed by atoms with E-state index in [2.05, 4.69) is 5.32 Å². The van der Waals surface area contributed by atoms with Gasteiger partial charge in [-0.2, -0.15) is 0 Å². The molecule has 0 aliphatic rings. The molecule has 0 fully saturated rings. The van der Waals surface area contributed by atoms with Crippen molar-refractivity contribution < 1.29 is 22.4 Å². The van der Waals surface area contributed by atoms with Crippen molar-refractivity contribution in [3.63, 3.8) is 0 Å². The van der Waals surface area contributed by atoms with Gasteiger partial charge in [0, 0.05) is 31.1 Å². The first-order valence-corrected chi connectivity index (χ1v) is 13.7. The number of carbonyl (C=O) groups excluding carboxylic acids is 2. The first-order valence-electron chi connectivity index (χ1n) is 11.4. The minimum Gasteiger partial charge on any atom is -0.354 e. The molecule has 0 unspecified atom stereocenters. The molecule has 192 valence electrons. The van der Waals surface area contributed by atoms with E-state index in [0.29, 0.717) is 17.1 Å². The Bertz CT molecular complexity index is 1130. The van der Waals surface area contributed by atoms with Crippen LogP contribution in [0.5, 0.6) is 0 Å². The van der Waals surface area contributed by atoms with Gasteiger partial charge >= 0.3 is 0 Å². The molecular formula is C25H33ClFN3O4S. The number of rotatable bonds is 12. The molecule has 1 N–H and O–H groups in total. The molecule has 0 aliphatic carbocycles. The van der Waals surface area contributed by atoms with E-state index < -0.39 is 21.9 Å². The first-order chi connectivity index (χ1) is 16.4. The Morgan fingerprint density at radius 2 is 1.69 bits per heavy atom. The quantitative estimate of drug-likeness (QED) is 0.449. The highest BCUT2D eigenvalue weighted by Gasteiger charge is 2.27. The van der Waals surface area contributed by atoms with Gasteiger partial charge in [-0.25, -0.2) is 12.8 Å². The molecule has 0 saturated carbocycles. The van der Waals surface area contributed by atoms with Crippen LogP contribution in [0.3, 0.4) is 0 Å². The Morgan fingerprint density at radius 3 is 2.29 bits per heavy atom. The highest BCUT2D eigenvalue weighted by Crippen LogP contribution is 2.23. The number of nitrogens with one attached hydrogen (secondary N) is 1. The minimum atomic E-state index is -3.77. The number of hydrogen-bond acceptors (Lipinski definition) is 4. The predicted octanol–water partition coefficient (Wildman–Crippen LogP) is 4.21. The van der Waals surface area contributed by atoms with Gasteiger partial charge in [-0.05, 0) is 43.0 Å². The first kappa shape index (κ1) is 28.6. The Kier molecular flexibility index (Phi) is 10.5. The third-order valence-electron chi connectivity index (χ3n) is 5.42. The van der Waals surface area contributed by atoms with Crippen LogP contribution in [0.4, 0.5) is 10.1 Å². The van der Waals surface area contributed by atoms with Crippen molar-refractivity contribution in [3.8, 4) is 0 Å². The molecule has 0 bridgehead atoms. The molecule has 2 aromatic carbocycles. The highest BCUT2D eigenvalue weighted by atomic mass is 35.5. The van der Waals surface area contributed by atoms with E-state index in [0.717, 1.165) is 10.6 Å². The van der Waals surface area contributed by atoms with Gasteiger partial charge in [0.2, 0.25) is 21.8 Å². The number of benzene rings is 2. The lowest BCUT2D eigenvalue weighted by Gasteiger charge is -2.30. The molecule has 0 radical (unpaired) electrons. The largest absolute Gasteiger partial charge is 0.354 e. The lowest BCUT2D eigenvalue weighted by molar-refractivity contribution is -0.140. The van der Waals surface area contributed by atoms with Gasteiger partial charge in [-0.15, -0.1) is 0 Å². The maximum Gasteiger partial charge on any atom is 0.242 e. The molecule has 0 spiro atoms. The van der Waals surface area contributed by atoms with Crippen LogP contribution < -0.4 is 9.62 Å². The van der Waals surface area contributed by atoms with Gasteiger partial charge in [-0.3, -0.25) is 13.9 Å². The average Bonchev–Trinajstić information content (AvgIpc) is 2.79. The normalized spacial score (nSPS) is 12.3. The second-order valence-corrected chi connectivity index (χ2v) is 11.1. The summed E-state index contributed by atoms with van der Waals surface area (Å²) in [5.74, 6) is -1.04. The lowest BCUT2D eigenvalue weighted by Crippen LogP contribution is -2.48. The van der Waals surface area contributed by atoms with Crippen LogP contribution in [0.2, 0.25) is 5.02 Å². The summed E-state index contributed by atoms with van der Waals surface area (Å²) in [6.07, 6.45) is 1.10. The van der Waals surface area contributed by atoms with Crippen molar-refractivity contribution in [1.29, 1.82) is 0 Å². The van der Waals surface area contributed by atoms with Crippen molar-refractivity contribution in [3.05, 3.63) is 64.9 Å². The number of carbonyl (C=O) groups is 2. The minimum absolute atomic E-state index is 0.0350. The molecule has 35 heavy (non-hydrogen) atoms. The number of para-hydroxylation sites is 1. The topological polar surface area (TPSA) is 86.8 Å². The zero-order chi connectivity index (χ0) is 26.2. The van der Waals surface area contributed by atoms with Crippen molar-refractivity contribution in [2.24, 2.45) is 5.92 Å². The van der Waals surface area contributed by atoms with E-state index in [-0.39, 0.29) is 49.4 Å². The molecule has 10 heteroatoms. The van der Waals surface area contributed by atoms with Gasteiger partial charge in [0.1, 0.15) is 11.9 Å². The van der Waals surface area contributed by atoms with Gasteiger partial charge in [0.15, 0.2) is 0 Å². The molecule has 1 atom stereocenters. The molecule has 0 saturated heterocycles. The van der Waals surface area contributed by atoms with Gasteiger partial charge in [-0.1, -0.05) is 55.8 Å². The number of anilines is 1. The molecule has 2 rings (SSSR count). The Balaban J connectivity index is 2.18. The number of hydrogen-bond donors (Lipinski definition) is 1. The van der Waals surface area contributed by atoms with Gasteiger partial charge in [0.05, 0.1) is 11.9 Å². The monoisotopic (exact) mass is 525 g/mol. The van der Waals surface area contributed by atoms with Crippen molar-refractivity contribution in [2.45, 2.75) is 46.2 Å². The Hall–Kier alpha value is -2.65. The number of sulfonamides is 1. The standard InChI is InChI=1S/C25H33ClFN3O4S/c1-18(2)16-28-25(32)19(3)29(17-20-10-5-6-11-21(20)26)24(31)14-9-15-30(35(4,33)34)23-13-8-7-12-22(23)27/h5-8,10-13,18-19H,9,14-17H2,1-4H3,(H,28,32)/t19-/m0/s1. The summed E-state index contributed by atoms with van der Waals surface area (Å²) < 4.78 is 39.8. The maximum atomic E-state index is 14.3. The van der Waals surface area contributed by atoms with Crippen molar-refractivity contribution in [2.75, 3.05) is 23.7 Å². The summed E-state index contributed by atoms with van der Waals surface area (Å²) in [6.45, 7) is 6.11. The van der Waals surface area contributed by atoms with Crippen LogP contribution >= 0.6 is 11.6 Å². The smallest absolute Gasteiger partial charge is 0.242 e. The lowest BCUT2D eigenvalue weighted by atomic mass is 10.1. The maximum absolute atomic E-state index is 14.3. The third-order valence-corrected chi connectivity index (χ3v) is 6.97. The predicted molar refractivity (Wildman–Crippen MR) is 137 cm³/mol. The Morgan fingerprint density at radius 1 is 1.06 bits per heavy atom. The SMILES string of the molecule is CC(C)CNC(=O)[C@H](C)N(Cc1ccccc1Cl)C(=O)CCCN(c1ccccc1F)S(C)(=O)=O. The van der Waals surface area contributed by atoms with E-state index in [1.807, 2.05) is 13.8 Å². The Labute approximate surface area is 212 Å². The van der Waals surface area contributed by atoms with Crippen molar-refractivity contribution in [1.82, 2.24) is 10.2 Å². The molecule has 0 aromatic heterocycles. The fraction of sp³-hybridized carbons (Fsp3) is 0.440. The molecule has 2 aromatic rings. The summed E-state index contributed by atoms with van der Waals surface area (Å²) in [7, 11) is -3.77. The number of halogens is 2. The molecule has 2 amide bonds. The second-order valence-electron chi connectivity index (χ2n) is 8.82. The summed E-state index contributed by atoms with van der Waals surface area (Å²) in [5.41, 5.74) is 0.618. The zero-order valence-corrected chi connectivity index (χ0v) is 22.1. The van der Waals surface area contributed by atoms with Crippen LogP contribution in [-0.2, 0) is 26.2 Å². The van der Waals surface area contributed by atoms with Crippen molar-refractivity contribution >= 4 is 39.1 Å². The van der Waals surface area contributed by atoms with E-state index in [1.165, 1.54) is 23.1 Å². The third kappa shape index (κ3) is 8.50. The number of amides is 2. The van der Waals surface area contributed by atoms with Gasteiger partial charge in [0.25, 0.3) is 0 Å². The van der Waals surface area contributed by atoms with Crippen LogP contribution in [0.1, 0.15) is 39.2 Å². The fourth-order valence-electron chi connectivity index (χ4n) is 3.48.